The van der Waals surface area contributed by atoms with Crippen molar-refractivity contribution in [3.05, 3.63) is 0 Å². The Morgan fingerprint density at radius 3 is 2.67 bits per heavy atom. The molecule has 0 radical (unpaired) electrons. The number of hydrogen-bond acceptors (Lipinski definition) is 1. The van der Waals surface area contributed by atoms with Crippen LogP contribution >= 0.6 is 8.35 Å². The molecular weight excluding hydrogens is 129 g/mol. The zero-order valence-corrected chi connectivity index (χ0v) is 7.08. The van der Waals surface area contributed by atoms with Crippen LogP contribution in [0.25, 0.3) is 0 Å². The Balaban J connectivity index is 2.66. The van der Waals surface area contributed by atoms with Gasteiger partial charge < -0.3 is 0 Å². The maximum absolute atomic E-state index is 3.66. The summed E-state index contributed by atoms with van der Waals surface area (Å²) in [6.45, 7) is 3.36. The molecule has 0 amide bonds. The summed E-state index contributed by atoms with van der Waals surface area (Å²) in [6.07, 6.45) is 9.02. The number of hydrogen-bond donors (Lipinski definition) is 1. The van der Waals surface area contributed by atoms with Crippen molar-refractivity contribution < 1.29 is 0 Å². The molecular formula is C7H16NP. The summed E-state index contributed by atoms with van der Waals surface area (Å²) in [5.41, 5.74) is 0. The van der Waals surface area contributed by atoms with Gasteiger partial charge in [0.15, 0.2) is 0 Å². The zero-order chi connectivity index (χ0) is 6.95. The highest BCUT2D eigenvalue weighted by Crippen LogP contribution is 1.97. The van der Waals surface area contributed by atoms with Crippen molar-refractivity contribution in [3.8, 4) is 0 Å². The summed E-state index contributed by atoms with van der Waals surface area (Å²) in [4.78, 5) is 0. The van der Waals surface area contributed by atoms with E-state index >= 15 is 0 Å². The van der Waals surface area contributed by atoms with Crippen molar-refractivity contribution in [2.75, 3.05) is 6.54 Å². The van der Waals surface area contributed by atoms with Crippen LogP contribution in [0.2, 0.25) is 0 Å². The molecule has 1 nitrogen and oxygen atoms in total. The monoisotopic (exact) mass is 145 g/mol. The second-order valence-corrected chi connectivity index (χ2v) is 2.76. The molecule has 9 heavy (non-hydrogen) atoms. The molecule has 0 aromatic carbocycles. The Hall–Kier alpha value is 0.130. The van der Waals surface area contributed by atoms with E-state index in [-0.39, 0.29) is 0 Å². The minimum Gasteiger partial charge on any atom is -0.271 e. The van der Waals surface area contributed by atoms with Gasteiger partial charge >= 0.3 is 0 Å². The summed E-state index contributed by atoms with van der Waals surface area (Å²) >= 11 is 0. The second kappa shape index (κ2) is 8.13. The van der Waals surface area contributed by atoms with Gasteiger partial charge in [0.2, 0.25) is 0 Å². The van der Waals surface area contributed by atoms with Gasteiger partial charge in [-0.2, -0.15) is 0 Å². The Morgan fingerprint density at radius 2 is 2.11 bits per heavy atom. The van der Waals surface area contributed by atoms with Crippen molar-refractivity contribution in [3.63, 3.8) is 0 Å². The lowest BCUT2D eigenvalue weighted by Crippen LogP contribution is -2.00. The molecule has 0 spiro atoms. The van der Waals surface area contributed by atoms with E-state index in [2.05, 4.69) is 18.3 Å². The van der Waals surface area contributed by atoms with Crippen LogP contribution in [-0.4, -0.2) is 12.8 Å². The third kappa shape index (κ3) is 8.13. The van der Waals surface area contributed by atoms with Crippen LogP contribution in [0.15, 0.2) is 0 Å². The first kappa shape index (κ1) is 9.13. The van der Waals surface area contributed by atoms with Crippen molar-refractivity contribution in [2.45, 2.75) is 32.6 Å². The predicted octanol–water partition coefficient (Wildman–Crippen LogP) is 2.45. The van der Waals surface area contributed by atoms with Gasteiger partial charge in [-0.25, -0.2) is 0 Å². The molecule has 0 aromatic rings. The minimum absolute atomic E-state index is 1.06. The van der Waals surface area contributed by atoms with Gasteiger partial charge in [-0.05, 0) is 14.8 Å². The van der Waals surface area contributed by atoms with E-state index in [9.17, 15) is 0 Å². The molecule has 0 fully saturated rings. The molecule has 0 aromatic heterocycles. The molecule has 0 atom stereocenters. The van der Waals surface area contributed by atoms with E-state index < -0.39 is 0 Å². The topological polar surface area (TPSA) is 12.0 Å². The van der Waals surface area contributed by atoms with E-state index in [1.165, 1.54) is 25.7 Å². The van der Waals surface area contributed by atoms with Crippen molar-refractivity contribution in [1.29, 1.82) is 0 Å². The van der Waals surface area contributed by atoms with Crippen LogP contribution in [0.3, 0.4) is 0 Å². The number of unbranched alkanes of at least 4 members (excludes halogenated alkanes) is 3. The summed E-state index contributed by atoms with van der Waals surface area (Å²) in [7, 11) is 1.06. The van der Waals surface area contributed by atoms with Gasteiger partial charge in [-0.3, -0.25) is 5.09 Å². The lowest BCUT2D eigenvalue weighted by atomic mass is 10.2. The summed E-state index contributed by atoms with van der Waals surface area (Å²) in [6, 6.07) is 0. The molecule has 0 aliphatic rings. The fraction of sp³-hybridized carbons (Fsp3) is 0.857. The first-order valence-electron chi connectivity index (χ1n) is 3.60. The molecule has 0 saturated heterocycles. The molecule has 54 valence electrons. The highest BCUT2D eigenvalue weighted by molar-refractivity contribution is 7.34. The molecule has 2 heteroatoms. The molecule has 0 saturated carbocycles. The van der Waals surface area contributed by atoms with Gasteiger partial charge in [0.05, 0.1) is 0 Å². The smallest absolute Gasteiger partial charge is 0.00355 e. The molecule has 1 N–H and O–H groups in total. The molecule has 0 unspecified atom stereocenters. The lowest BCUT2D eigenvalue weighted by molar-refractivity contribution is 0.662. The van der Waals surface area contributed by atoms with Crippen LogP contribution < -0.4 is 5.09 Å². The third-order valence-corrected chi connectivity index (χ3v) is 1.70. The maximum atomic E-state index is 3.66. The fourth-order valence-corrected chi connectivity index (χ4v) is 1.03. The fourth-order valence-electron chi connectivity index (χ4n) is 0.710. The SMILES string of the molecule is C=PNCCCCCC. The van der Waals surface area contributed by atoms with Crippen molar-refractivity contribution >= 4 is 14.7 Å². The van der Waals surface area contributed by atoms with Crippen LogP contribution in [0, 0.1) is 0 Å². The van der Waals surface area contributed by atoms with Crippen LogP contribution in [-0.2, 0) is 0 Å². The van der Waals surface area contributed by atoms with E-state index in [4.69, 9.17) is 0 Å². The quantitative estimate of drug-likeness (QED) is 0.447. The minimum atomic E-state index is 1.06. The summed E-state index contributed by atoms with van der Waals surface area (Å²) < 4.78 is 0. The number of nitrogens with one attached hydrogen (secondary N) is 1. The van der Waals surface area contributed by atoms with Crippen LogP contribution in [0.4, 0.5) is 0 Å². The molecule has 0 aliphatic carbocycles. The third-order valence-electron chi connectivity index (χ3n) is 1.25. The van der Waals surface area contributed by atoms with Crippen LogP contribution in [0.5, 0.6) is 0 Å². The van der Waals surface area contributed by atoms with Gasteiger partial charge in [0.1, 0.15) is 0 Å². The summed E-state index contributed by atoms with van der Waals surface area (Å²) in [5.74, 6) is 0. The average molecular weight is 145 g/mol. The van der Waals surface area contributed by atoms with Crippen molar-refractivity contribution in [2.24, 2.45) is 0 Å². The van der Waals surface area contributed by atoms with Gasteiger partial charge in [0, 0.05) is 6.54 Å². The highest BCUT2D eigenvalue weighted by Gasteiger charge is 1.83. The van der Waals surface area contributed by atoms with Gasteiger partial charge in [-0.15, -0.1) is 0 Å². The highest BCUT2D eigenvalue weighted by atomic mass is 31.1. The standard InChI is InChI=1S/C7H16NP/c1-3-4-5-6-7-8-9-2/h8H,2-7H2,1H3. The van der Waals surface area contributed by atoms with Crippen LogP contribution in [0.1, 0.15) is 32.6 Å². The normalized spacial score (nSPS) is 10.3. The van der Waals surface area contributed by atoms with E-state index in [0.29, 0.717) is 0 Å². The molecule has 0 heterocycles. The molecule has 0 aliphatic heterocycles. The molecule has 0 rings (SSSR count). The Bertz CT molecular complexity index is 63.9. The van der Waals surface area contributed by atoms with Gasteiger partial charge in [-0.1, -0.05) is 32.5 Å². The lowest BCUT2D eigenvalue weighted by Gasteiger charge is -1.96. The first-order valence-corrected chi connectivity index (χ1v) is 4.68. The predicted molar refractivity (Wildman–Crippen MR) is 46.2 cm³/mol. The van der Waals surface area contributed by atoms with Crippen molar-refractivity contribution in [1.82, 2.24) is 5.09 Å². The van der Waals surface area contributed by atoms with E-state index in [0.717, 1.165) is 14.9 Å². The van der Waals surface area contributed by atoms with E-state index in [1.807, 2.05) is 0 Å². The Labute approximate surface area is 59.7 Å². The number of rotatable bonds is 6. The summed E-state index contributed by atoms with van der Waals surface area (Å²) in [5, 5.41) is 3.17. The average Bonchev–Trinajstić information content (AvgIpc) is 1.89. The maximum Gasteiger partial charge on any atom is 0.00355 e. The molecule has 0 bridgehead atoms. The van der Waals surface area contributed by atoms with Gasteiger partial charge in [0.25, 0.3) is 0 Å². The van der Waals surface area contributed by atoms with E-state index in [1.54, 1.807) is 0 Å². The Kier molecular flexibility index (Phi) is 8.25. The second-order valence-electron chi connectivity index (χ2n) is 2.13. The zero-order valence-electron chi connectivity index (χ0n) is 6.19. The Morgan fingerprint density at radius 1 is 1.33 bits per heavy atom. The largest absolute Gasteiger partial charge is 0.271 e. The first-order chi connectivity index (χ1) is 4.41.